The Morgan fingerprint density at radius 2 is 1.71 bits per heavy atom. The molecule has 0 saturated heterocycles. The van der Waals surface area contributed by atoms with Gasteiger partial charge in [0.2, 0.25) is 0 Å². The molecule has 0 bridgehead atoms. The number of carbonyl (C=O) groups is 1. The van der Waals surface area contributed by atoms with Gasteiger partial charge in [-0.2, -0.15) is 0 Å². The SMILES string of the molecule is O=CC(Br)c1cccc(Cc2ccccc2)c1. The fraction of sp³-hybridized carbons (Fsp3) is 0.133. The molecule has 0 aliphatic rings. The minimum atomic E-state index is -0.210. The van der Waals surface area contributed by atoms with Crippen LogP contribution < -0.4 is 0 Å². The molecule has 1 unspecified atom stereocenters. The van der Waals surface area contributed by atoms with Crippen molar-refractivity contribution in [3.05, 3.63) is 71.3 Å². The second kappa shape index (κ2) is 5.78. The molecule has 0 aromatic heterocycles. The molecular formula is C15H13BrO. The highest BCUT2D eigenvalue weighted by Crippen LogP contribution is 2.22. The van der Waals surface area contributed by atoms with Crippen LogP contribution >= 0.6 is 15.9 Å². The summed E-state index contributed by atoms with van der Waals surface area (Å²) < 4.78 is 0. The van der Waals surface area contributed by atoms with Crippen LogP contribution in [0.15, 0.2) is 54.6 Å². The number of halogens is 1. The van der Waals surface area contributed by atoms with E-state index in [4.69, 9.17) is 0 Å². The zero-order valence-corrected chi connectivity index (χ0v) is 10.9. The summed E-state index contributed by atoms with van der Waals surface area (Å²) >= 11 is 3.34. The minimum absolute atomic E-state index is 0.210. The van der Waals surface area contributed by atoms with E-state index in [-0.39, 0.29) is 4.83 Å². The Hall–Kier alpha value is -1.41. The molecule has 2 aromatic carbocycles. The summed E-state index contributed by atoms with van der Waals surface area (Å²) in [4.78, 5) is 10.5. The molecule has 2 aromatic rings. The Bertz CT molecular complexity index is 493. The van der Waals surface area contributed by atoms with Crippen molar-refractivity contribution in [1.82, 2.24) is 0 Å². The normalized spacial score (nSPS) is 12.1. The minimum Gasteiger partial charge on any atom is -0.302 e. The van der Waals surface area contributed by atoms with Gasteiger partial charge in [0, 0.05) is 0 Å². The van der Waals surface area contributed by atoms with Crippen molar-refractivity contribution in [1.29, 1.82) is 0 Å². The van der Waals surface area contributed by atoms with Gasteiger partial charge in [-0.15, -0.1) is 0 Å². The van der Waals surface area contributed by atoms with Crippen LogP contribution in [0, 0.1) is 0 Å². The molecule has 1 atom stereocenters. The first kappa shape index (κ1) is 12.1. The largest absolute Gasteiger partial charge is 0.302 e. The van der Waals surface area contributed by atoms with E-state index in [0.29, 0.717) is 0 Å². The van der Waals surface area contributed by atoms with E-state index in [1.807, 2.05) is 30.3 Å². The van der Waals surface area contributed by atoms with Gasteiger partial charge in [-0.25, -0.2) is 0 Å². The van der Waals surface area contributed by atoms with Gasteiger partial charge in [0.05, 0.1) is 4.83 Å². The molecule has 0 aliphatic carbocycles. The summed E-state index contributed by atoms with van der Waals surface area (Å²) in [6, 6.07) is 18.4. The molecule has 2 heteroatoms. The lowest BCUT2D eigenvalue weighted by molar-refractivity contribution is -0.107. The van der Waals surface area contributed by atoms with Crippen LogP contribution in [-0.2, 0) is 11.2 Å². The van der Waals surface area contributed by atoms with Crippen LogP contribution in [0.2, 0.25) is 0 Å². The van der Waals surface area contributed by atoms with Gasteiger partial charge < -0.3 is 4.79 Å². The van der Waals surface area contributed by atoms with Crippen molar-refractivity contribution >= 4 is 22.2 Å². The molecule has 0 amide bonds. The molecule has 0 fully saturated rings. The highest BCUT2D eigenvalue weighted by Gasteiger charge is 2.06. The van der Waals surface area contributed by atoms with Crippen LogP contribution in [0.25, 0.3) is 0 Å². The van der Waals surface area contributed by atoms with Crippen molar-refractivity contribution in [3.63, 3.8) is 0 Å². The highest BCUT2D eigenvalue weighted by atomic mass is 79.9. The van der Waals surface area contributed by atoms with E-state index in [0.717, 1.165) is 18.3 Å². The lowest BCUT2D eigenvalue weighted by Gasteiger charge is -2.06. The third kappa shape index (κ3) is 3.27. The molecule has 0 N–H and O–H groups in total. The molecule has 0 saturated carbocycles. The maximum atomic E-state index is 10.7. The monoisotopic (exact) mass is 288 g/mol. The molecule has 0 radical (unpaired) electrons. The van der Waals surface area contributed by atoms with Crippen LogP contribution in [-0.4, -0.2) is 6.29 Å². The fourth-order valence-corrected chi connectivity index (χ4v) is 2.07. The van der Waals surface area contributed by atoms with Crippen LogP contribution in [0.1, 0.15) is 21.5 Å². The van der Waals surface area contributed by atoms with E-state index >= 15 is 0 Å². The Kier molecular flexibility index (Phi) is 4.10. The first-order valence-electron chi connectivity index (χ1n) is 5.52. The average molecular weight is 289 g/mol. The number of benzene rings is 2. The molecule has 0 heterocycles. The van der Waals surface area contributed by atoms with Crippen molar-refractivity contribution in [2.75, 3.05) is 0 Å². The van der Waals surface area contributed by atoms with E-state index in [2.05, 4.69) is 40.2 Å². The predicted molar refractivity (Wildman–Crippen MR) is 73.4 cm³/mol. The smallest absolute Gasteiger partial charge is 0.138 e. The van der Waals surface area contributed by atoms with E-state index in [1.54, 1.807) is 0 Å². The Balaban J connectivity index is 2.19. The van der Waals surface area contributed by atoms with Gasteiger partial charge in [-0.3, -0.25) is 0 Å². The second-order valence-corrected chi connectivity index (χ2v) is 4.93. The van der Waals surface area contributed by atoms with Crippen molar-refractivity contribution in [2.24, 2.45) is 0 Å². The molecule has 86 valence electrons. The maximum absolute atomic E-state index is 10.7. The lowest BCUT2D eigenvalue weighted by atomic mass is 10.0. The van der Waals surface area contributed by atoms with E-state index < -0.39 is 0 Å². The first-order chi connectivity index (χ1) is 8.29. The van der Waals surface area contributed by atoms with Gasteiger partial charge in [0.1, 0.15) is 6.29 Å². The summed E-state index contributed by atoms with van der Waals surface area (Å²) in [5, 5.41) is 0. The lowest BCUT2D eigenvalue weighted by Crippen LogP contribution is -1.94. The average Bonchev–Trinajstić information content (AvgIpc) is 2.39. The predicted octanol–water partition coefficient (Wildman–Crippen LogP) is 3.91. The van der Waals surface area contributed by atoms with E-state index in [1.165, 1.54) is 11.1 Å². The Labute approximate surface area is 110 Å². The molecule has 0 spiro atoms. The topological polar surface area (TPSA) is 17.1 Å². The Morgan fingerprint density at radius 3 is 2.41 bits per heavy atom. The quantitative estimate of drug-likeness (QED) is 0.616. The summed E-state index contributed by atoms with van der Waals surface area (Å²) in [5.41, 5.74) is 3.51. The van der Waals surface area contributed by atoms with Gasteiger partial charge >= 0.3 is 0 Å². The summed E-state index contributed by atoms with van der Waals surface area (Å²) in [5.74, 6) is 0. The summed E-state index contributed by atoms with van der Waals surface area (Å²) in [6.07, 6.45) is 1.80. The second-order valence-electron chi connectivity index (χ2n) is 3.95. The molecule has 17 heavy (non-hydrogen) atoms. The molecule has 2 rings (SSSR count). The van der Waals surface area contributed by atoms with Crippen LogP contribution in [0.3, 0.4) is 0 Å². The molecule has 1 nitrogen and oxygen atoms in total. The standard InChI is InChI=1S/C15H13BrO/c16-15(11-17)14-8-4-7-13(10-14)9-12-5-2-1-3-6-12/h1-8,10-11,15H,9H2. The number of alkyl halides is 1. The third-order valence-corrected chi connectivity index (χ3v) is 3.38. The third-order valence-electron chi connectivity index (χ3n) is 2.64. The zero-order valence-electron chi connectivity index (χ0n) is 9.34. The maximum Gasteiger partial charge on any atom is 0.138 e. The van der Waals surface area contributed by atoms with Gasteiger partial charge in [-0.05, 0) is 23.1 Å². The van der Waals surface area contributed by atoms with E-state index in [9.17, 15) is 4.79 Å². The zero-order chi connectivity index (χ0) is 12.1. The fourth-order valence-electron chi connectivity index (χ4n) is 1.78. The van der Waals surface area contributed by atoms with Crippen LogP contribution in [0.4, 0.5) is 0 Å². The first-order valence-corrected chi connectivity index (χ1v) is 6.43. The summed E-state index contributed by atoms with van der Waals surface area (Å²) in [7, 11) is 0. The Morgan fingerprint density at radius 1 is 1.00 bits per heavy atom. The number of hydrogen-bond acceptors (Lipinski definition) is 1. The van der Waals surface area contributed by atoms with Crippen molar-refractivity contribution in [3.8, 4) is 0 Å². The molecule has 0 aliphatic heterocycles. The van der Waals surface area contributed by atoms with Gasteiger partial charge in [0.25, 0.3) is 0 Å². The van der Waals surface area contributed by atoms with Crippen molar-refractivity contribution < 1.29 is 4.79 Å². The summed E-state index contributed by atoms with van der Waals surface area (Å²) in [6.45, 7) is 0. The number of carbonyl (C=O) groups excluding carboxylic acids is 1. The van der Waals surface area contributed by atoms with Gasteiger partial charge in [0.15, 0.2) is 0 Å². The number of aldehydes is 1. The number of hydrogen-bond donors (Lipinski definition) is 0. The van der Waals surface area contributed by atoms with Crippen molar-refractivity contribution in [2.45, 2.75) is 11.2 Å². The van der Waals surface area contributed by atoms with Crippen LogP contribution in [0.5, 0.6) is 0 Å². The van der Waals surface area contributed by atoms with Gasteiger partial charge in [-0.1, -0.05) is 70.5 Å². The highest BCUT2D eigenvalue weighted by molar-refractivity contribution is 9.09. The number of rotatable bonds is 4. The molecular weight excluding hydrogens is 276 g/mol.